The average molecular weight is 1200 g/mol. The van der Waals surface area contributed by atoms with Crippen LogP contribution in [0.5, 0.6) is 0 Å². The van der Waals surface area contributed by atoms with Gasteiger partial charge in [-0.2, -0.15) is 0 Å². The molecule has 91 heavy (non-hydrogen) atoms. The van der Waals surface area contributed by atoms with Gasteiger partial charge in [0.1, 0.15) is 0 Å². The van der Waals surface area contributed by atoms with Crippen LogP contribution in [0.3, 0.4) is 0 Å². The summed E-state index contributed by atoms with van der Waals surface area (Å²) in [5, 5.41) is 10.5. The molecule has 0 aliphatic heterocycles. The zero-order chi connectivity index (χ0) is 60.6. The largest absolute Gasteiger partial charge is 0.309 e. The maximum Gasteiger partial charge on any atom is 0.0737 e. The van der Waals surface area contributed by atoms with Crippen molar-refractivity contribution in [2.24, 2.45) is 0 Å². The van der Waals surface area contributed by atoms with Gasteiger partial charge in [0, 0.05) is 53.7 Å². The van der Waals surface area contributed by atoms with E-state index in [0.29, 0.717) is 0 Å². The normalized spacial score (nSPS) is 12.9. The first-order valence-corrected chi connectivity index (χ1v) is 33.6. The molecule has 0 saturated heterocycles. The Morgan fingerprint density at radius 3 is 1.07 bits per heavy atom. The number of anilines is 6. The molecule has 2 aliphatic carbocycles. The molecular formula is C87H62N2S2. The van der Waals surface area contributed by atoms with Crippen LogP contribution in [0.15, 0.2) is 291 Å². The fourth-order valence-electron chi connectivity index (χ4n) is 15.8. The predicted molar refractivity (Wildman–Crippen MR) is 392 cm³/mol. The van der Waals surface area contributed by atoms with E-state index in [-0.39, 0.29) is 11.8 Å². The minimum absolute atomic E-state index is 0.271. The van der Waals surface area contributed by atoms with Gasteiger partial charge in [-0.05, 0) is 208 Å². The van der Waals surface area contributed by atoms with Gasteiger partial charge in [-0.15, -0.1) is 22.7 Å². The summed E-state index contributed by atoms with van der Waals surface area (Å²) in [6.07, 6.45) is 0. The summed E-state index contributed by atoms with van der Waals surface area (Å²) >= 11 is 3.75. The molecule has 16 aromatic rings. The van der Waals surface area contributed by atoms with Crippen LogP contribution in [0.4, 0.5) is 34.1 Å². The third-order valence-corrected chi connectivity index (χ3v) is 22.2. The molecular weight excluding hydrogens is 1140 g/mol. The van der Waals surface area contributed by atoms with Crippen molar-refractivity contribution in [1.82, 2.24) is 0 Å². The number of thiophene rings is 2. The Bertz CT molecular complexity index is 5250. The summed E-state index contributed by atoms with van der Waals surface area (Å²) in [6.45, 7) is 9.51. The van der Waals surface area contributed by atoms with Crippen molar-refractivity contribution in [3.8, 4) is 44.5 Å². The first-order chi connectivity index (χ1) is 44.8. The zero-order valence-corrected chi connectivity index (χ0v) is 52.7. The molecule has 1 spiro atoms. The Balaban J connectivity index is 0.789. The minimum Gasteiger partial charge on any atom is -0.309 e. The Kier molecular flexibility index (Phi) is 12.3. The average Bonchev–Trinajstić information content (AvgIpc) is 1.50. The van der Waals surface area contributed by atoms with E-state index in [1.807, 2.05) is 22.7 Å². The first kappa shape index (κ1) is 53.6. The van der Waals surface area contributed by atoms with Crippen LogP contribution < -0.4 is 9.80 Å². The van der Waals surface area contributed by atoms with Crippen LogP contribution in [-0.4, -0.2) is 0 Å². The van der Waals surface area contributed by atoms with Crippen molar-refractivity contribution in [3.63, 3.8) is 0 Å². The van der Waals surface area contributed by atoms with Crippen molar-refractivity contribution in [1.29, 1.82) is 0 Å². The van der Waals surface area contributed by atoms with E-state index >= 15 is 0 Å². The molecule has 2 heterocycles. The van der Waals surface area contributed by atoms with Crippen LogP contribution in [0.25, 0.3) is 106 Å². The SMILES string of the molecule is CC(C)c1cc2c(c3ccc(-c4ccc(N(c5ccccc5)c5cccc6c5sc5ccccc56)cc4)cc13)C1(c3ccccc3-c3ccccc31)c1c-2cc(C(C)C)c2cc(-c3ccc(N(c4ccccc4)c4cccc5c4sc4ccccc45)cc3)ccc12. The number of hydrogen-bond donors (Lipinski definition) is 0. The van der Waals surface area contributed by atoms with Crippen LogP contribution in [-0.2, 0) is 5.41 Å². The summed E-state index contributed by atoms with van der Waals surface area (Å²) in [6, 6.07) is 110. The van der Waals surface area contributed by atoms with Gasteiger partial charge in [-0.3, -0.25) is 0 Å². The minimum atomic E-state index is -0.581. The first-order valence-electron chi connectivity index (χ1n) is 31.9. The van der Waals surface area contributed by atoms with E-state index in [1.165, 1.54) is 151 Å². The highest BCUT2D eigenvalue weighted by Crippen LogP contribution is 2.66. The second-order valence-corrected chi connectivity index (χ2v) is 27.5. The van der Waals surface area contributed by atoms with E-state index in [2.05, 4.69) is 329 Å². The molecule has 0 fully saturated rings. The van der Waals surface area contributed by atoms with Crippen molar-refractivity contribution in [2.75, 3.05) is 9.80 Å². The summed E-state index contributed by atoms with van der Waals surface area (Å²) in [4.78, 5) is 4.86. The molecule has 0 atom stereocenters. The van der Waals surface area contributed by atoms with Gasteiger partial charge in [0.2, 0.25) is 0 Å². The molecule has 0 N–H and O–H groups in total. The summed E-state index contributed by atoms with van der Waals surface area (Å²) in [5.74, 6) is 0.542. The molecule has 0 bridgehead atoms. The molecule has 2 nitrogen and oxygen atoms in total. The number of benzene rings is 14. The molecule has 2 aromatic heterocycles. The maximum atomic E-state index is 2.60. The standard InChI is InChI=1S/C87H62N2S2/c1-53(2)71-51-75-76-52-72(54(3)4)74-50-58(56-39-45-62(46-40-56)89(60-23-9-6-10-24-60)80-34-20-30-70-66-28-14-18-36-82(66)91-86(70)80)42-48-68(74)84(76)87(77-31-15-11-25-63(77)64-26-12-16-32-78(64)87)83(75)67-47-41-57(49-73(67)71)55-37-43-61(44-38-55)88(59-21-7-5-8-22-59)79-33-19-29-69-65-27-13-17-35-81(65)90-85(69)79/h5-54H,1-4H3. The lowest BCUT2D eigenvalue weighted by Gasteiger charge is -2.33. The molecule has 4 heteroatoms. The Morgan fingerprint density at radius 1 is 0.275 bits per heavy atom. The molecule has 14 aromatic carbocycles. The lowest BCUT2D eigenvalue weighted by molar-refractivity contribution is 0.806. The van der Waals surface area contributed by atoms with Crippen molar-refractivity contribution < 1.29 is 0 Å². The number of hydrogen-bond acceptors (Lipinski definition) is 4. The van der Waals surface area contributed by atoms with E-state index in [9.17, 15) is 0 Å². The van der Waals surface area contributed by atoms with Crippen molar-refractivity contribution in [3.05, 3.63) is 325 Å². The number of rotatable bonds is 10. The highest BCUT2D eigenvalue weighted by atomic mass is 32.1. The molecule has 0 amide bonds. The Labute approximate surface area is 538 Å². The van der Waals surface area contributed by atoms with Crippen molar-refractivity contribution in [2.45, 2.75) is 44.9 Å². The fourth-order valence-corrected chi connectivity index (χ4v) is 18.2. The predicted octanol–water partition coefficient (Wildman–Crippen LogP) is 25.6. The molecule has 0 unspecified atom stereocenters. The highest BCUT2D eigenvalue weighted by molar-refractivity contribution is 7.26. The molecule has 0 radical (unpaired) electrons. The Morgan fingerprint density at radius 2 is 0.637 bits per heavy atom. The summed E-state index contributed by atoms with van der Waals surface area (Å²) in [5.41, 5.74) is 24.7. The summed E-state index contributed by atoms with van der Waals surface area (Å²) < 4.78 is 5.18. The number of nitrogens with zero attached hydrogens (tertiary/aromatic N) is 2. The lowest BCUT2D eigenvalue weighted by Crippen LogP contribution is -2.26. The Hall–Kier alpha value is -10.4. The highest BCUT2D eigenvalue weighted by Gasteiger charge is 2.54. The second-order valence-electron chi connectivity index (χ2n) is 25.4. The zero-order valence-electron chi connectivity index (χ0n) is 51.1. The van der Waals surface area contributed by atoms with Crippen LogP contribution in [0.2, 0.25) is 0 Å². The lowest BCUT2D eigenvalue weighted by atomic mass is 9.67. The van der Waals surface area contributed by atoms with Gasteiger partial charge >= 0.3 is 0 Å². The molecule has 0 saturated carbocycles. The number of fused-ring (bicyclic) bond motifs is 20. The number of para-hydroxylation sites is 2. The van der Waals surface area contributed by atoms with Gasteiger partial charge in [-0.25, -0.2) is 0 Å². The van der Waals surface area contributed by atoms with Gasteiger partial charge < -0.3 is 9.80 Å². The third-order valence-electron chi connectivity index (χ3n) is 19.8. The van der Waals surface area contributed by atoms with E-state index in [0.717, 1.165) is 22.7 Å². The summed E-state index contributed by atoms with van der Waals surface area (Å²) in [7, 11) is 0. The van der Waals surface area contributed by atoms with Crippen LogP contribution in [0, 0.1) is 0 Å². The smallest absolute Gasteiger partial charge is 0.0737 e. The third kappa shape index (κ3) is 8.09. The van der Waals surface area contributed by atoms with E-state index in [1.54, 1.807) is 0 Å². The van der Waals surface area contributed by atoms with E-state index < -0.39 is 5.41 Å². The monoisotopic (exact) mass is 1200 g/mol. The van der Waals surface area contributed by atoms with Gasteiger partial charge in [-0.1, -0.05) is 222 Å². The topological polar surface area (TPSA) is 6.48 Å². The molecule has 2 aliphatic rings. The van der Waals surface area contributed by atoms with Crippen molar-refractivity contribution >= 4 is 119 Å². The fraction of sp³-hybridized carbons (Fsp3) is 0.0805. The second kappa shape index (κ2) is 20.9. The van der Waals surface area contributed by atoms with Gasteiger partial charge in [0.25, 0.3) is 0 Å². The van der Waals surface area contributed by atoms with Crippen LogP contribution in [0.1, 0.15) is 72.9 Å². The van der Waals surface area contributed by atoms with Gasteiger partial charge in [0.05, 0.1) is 26.2 Å². The molecule has 18 rings (SSSR count). The quantitative estimate of drug-likeness (QED) is 0.135. The van der Waals surface area contributed by atoms with E-state index in [4.69, 9.17) is 0 Å². The maximum absolute atomic E-state index is 2.60. The molecule has 432 valence electrons. The van der Waals surface area contributed by atoms with Gasteiger partial charge in [0.15, 0.2) is 0 Å². The van der Waals surface area contributed by atoms with Crippen LogP contribution >= 0.6 is 22.7 Å².